The molecule has 0 spiro atoms. The Bertz CT molecular complexity index is 1450. The van der Waals surface area contributed by atoms with Gasteiger partial charge in [0.1, 0.15) is 5.70 Å². The molecule has 12 heteroatoms. The number of hydrazine groups is 1. The summed E-state index contributed by atoms with van der Waals surface area (Å²) in [4.78, 5) is 30.1. The van der Waals surface area contributed by atoms with Crippen molar-refractivity contribution in [1.82, 2.24) is 21.1 Å². The Morgan fingerprint density at radius 2 is 1.95 bits per heavy atom. The van der Waals surface area contributed by atoms with Crippen LogP contribution >= 0.6 is 0 Å². The van der Waals surface area contributed by atoms with Gasteiger partial charge in [-0.25, -0.2) is 4.39 Å². The van der Waals surface area contributed by atoms with E-state index in [1.54, 1.807) is 23.3 Å². The van der Waals surface area contributed by atoms with Crippen LogP contribution in [0, 0.1) is 12.7 Å². The van der Waals surface area contributed by atoms with E-state index in [0.717, 1.165) is 24.5 Å². The Hall–Kier alpha value is -4.35. The number of allylic oxidation sites excluding steroid dienone is 1. The van der Waals surface area contributed by atoms with Crippen molar-refractivity contribution in [2.24, 2.45) is 4.99 Å². The highest BCUT2D eigenvalue weighted by atomic mass is 19.4. The third-order valence-corrected chi connectivity index (χ3v) is 6.74. The van der Waals surface area contributed by atoms with Gasteiger partial charge in [0.25, 0.3) is 5.91 Å². The molecule has 0 bridgehead atoms. The number of alkyl halides is 3. The van der Waals surface area contributed by atoms with Crippen molar-refractivity contribution in [2.45, 2.75) is 44.6 Å². The Kier molecular flexibility index (Phi) is 7.26. The van der Waals surface area contributed by atoms with Crippen molar-refractivity contribution in [1.29, 1.82) is 0 Å². The van der Waals surface area contributed by atoms with Gasteiger partial charge in [0.2, 0.25) is 5.78 Å². The number of carbonyl (C=O) groups excluding carboxylic acids is 2. The molecular weight excluding hydrogens is 530 g/mol. The van der Waals surface area contributed by atoms with Crippen LogP contribution in [0.5, 0.6) is 5.75 Å². The van der Waals surface area contributed by atoms with E-state index < -0.39 is 36.9 Å². The van der Waals surface area contributed by atoms with Gasteiger partial charge in [0, 0.05) is 35.5 Å². The molecule has 1 fully saturated rings. The first-order chi connectivity index (χ1) is 19.0. The number of nitrogens with zero attached hydrogens (tertiary/aromatic N) is 2. The normalized spacial score (nSPS) is 19.3. The van der Waals surface area contributed by atoms with Crippen LogP contribution in [-0.2, 0) is 0 Å². The lowest BCUT2D eigenvalue weighted by atomic mass is 10.0. The molecule has 1 atom stereocenters. The minimum Gasteiger partial charge on any atom is -0.494 e. The number of amides is 1. The van der Waals surface area contributed by atoms with Crippen molar-refractivity contribution >= 4 is 23.1 Å². The highest BCUT2D eigenvalue weighted by Crippen LogP contribution is 2.30. The number of halogens is 4. The largest absolute Gasteiger partial charge is 0.494 e. The Morgan fingerprint density at radius 3 is 2.60 bits per heavy atom. The second kappa shape index (κ2) is 10.7. The summed E-state index contributed by atoms with van der Waals surface area (Å²) in [5.74, 6) is -1.50. The van der Waals surface area contributed by atoms with Gasteiger partial charge in [0.15, 0.2) is 17.7 Å². The SMILES string of the molecule is COc1ccc(C(=O)C2=CC(=NCCC(F)(F)F)C3NC=C(c4ccc(C(=O)NC5CC5)c(C)c4)N3N2)cc1F. The summed E-state index contributed by atoms with van der Waals surface area (Å²) in [6.07, 6.45) is -1.27. The van der Waals surface area contributed by atoms with Gasteiger partial charge in [-0.2, -0.15) is 13.2 Å². The predicted molar refractivity (Wildman–Crippen MR) is 140 cm³/mol. The molecule has 0 saturated heterocycles. The Balaban J connectivity index is 1.44. The number of aryl methyl sites for hydroxylation is 1. The van der Waals surface area contributed by atoms with Crippen molar-refractivity contribution in [3.8, 4) is 5.75 Å². The first kappa shape index (κ1) is 27.2. The molecule has 2 aromatic rings. The lowest BCUT2D eigenvalue weighted by molar-refractivity contribution is -0.132. The van der Waals surface area contributed by atoms with E-state index in [1.165, 1.54) is 25.3 Å². The van der Waals surface area contributed by atoms with Gasteiger partial charge in [-0.1, -0.05) is 6.07 Å². The average Bonchev–Trinajstić information content (AvgIpc) is 3.61. The van der Waals surface area contributed by atoms with Crippen LogP contribution in [0.25, 0.3) is 5.70 Å². The fourth-order valence-corrected chi connectivity index (χ4v) is 4.49. The number of ketones is 1. The maximum Gasteiger partial charge on any atom is 0.390 e. The fourth-order valence-electron chi connectivity index (χ4n) is 4.49. The first-order valence-corrected chi connectivity index (χ1v) is 12.7. The molecule has 2 aliphatic heterocycles. The second-order valence-corrected chi connectivity index (χ2v) is 9.77. The maximum absolute atomic E-state index is 14.3. The quantitative estimate of drug-likeness (QED) is 0.332. The molecular formula is C28H27F4N5O3. The van der Waals surface area contributed by atoms with Gasteiger partial charge in [-0.3, -0.25) is 25.0 Å². The van der Waals surface area contributed by atoms with E-state index in [4.69, 9.17) is 4.74 Å². The van der Waals surface area contributed by atoms with E-state index in [-0.39, 0.29) is 34.7 Å². The monoisotopic (exact) mass is 557 g/mol. The number of nitrogens with one attached hydrogen (secondary N) is 3. The van der Waals surface area contributed by atoms with E-state index in [2.05, 4.69) is 21.1 Å². The van der Waals surface area contributed by atoms with Crippen LogP contribution in [-0.4, -0.2) is 54.4 Å². The summed E-state index contributed by atoms with van der Waals surface area (Å²) >= 11 is 0. The van der Waals surface area contributed by atoms with Crippen LogP contribution < -0.4 is 20.8 Å². The molecule has 210 valence electrons. The lowest BCUT2D eigenvalue weighted by Crippen LogP contribution is -2.53. The Morgan fingerprint density at radius 1 is 1.18 bits per heavy atom. The zero-order valence-corrected chi connectivity index (χ0v) is 21.7. The Labute approximate surface area is 227 Å². The maximum atomic E-state index is 14.3. The number of hydrogen-bond acceptors (Lipinski definition) is 7. The number of Topliss-reactive ketones (excluding diaryl/α,β-unsaturated/α-hetero) is 1. The molecule has 2 aromatic carbocycles. The molecule has 3 aliphatic rings. The number of hydrogen-bond donors (Lipinski definition) is 3. The number of rotatable bonds is 8. The minimum atomic E-state index is -4.39. The number of ether oxygens (including phenoxy) is 1. The van der Waals surface area contributed by atoms with Gasteiger partial charge in [0.05, 0.1) is 24.9 Å². The van der Waals surface area contributed by atoms with Crippen LogP contribution in [0.3, 0.4) is 0 Å². The highest BCUT2D eigenvalue weighted by molar-refractivity contribution is 6.14. The van der Waals surface area contributed by atoms with Crippen LogP contribution in [0.1, 0.15) is 51.1 Å². The first-order valence-electron chi connectivity index (χ1n) is 12.7. The second-order valence-electron chi connectivity index (χ2n) is 9.77. The third-order valence-electron chi connectivity index (χ3n) is 6.74. The van der Waals surface area contributed by atoms with Gasteiger partial charge in [-0.05, 0) is 61.7 Å². The highest BCUT2D eigenvalue weighted by Gasteiger charge is 2.36. The van der Waals surface area contributed by atoms with Crippen LogP contribution in [0.15, 0.2) is 59.4 Å². The fraction of sp³-hybridized carbons (Fsp3) is 0.321. The molecule has 1 amide bonds. The topological polar surface area (TPSA) is 95.1 Å². The summed E-state index contributed by atoms with van der Waals surface area (Å²) in [6, 6.07) is 9.24. The van der Waals surface area contributed by atoms with Crippen molar-refractivity contribution in [3.05, 3.63) is 82.4 Å². The van der Waals surface area contributed by atoms with Crippen molar-refractivity contribution < 1.29 is 31.9 Å². The standard InChI is InChI=1S/C28H27F4N5O3/c1-15-11-16(3-7-19(15)27(39)35-18-5-6-18)23-14-34-26-22(33-10-9-28(30,31)32)13-21(36-37(23)26)25(38)17-4-8-24(40-2)20(29)12-17/h3-4,7-8,11-14,18,26,34,36H,5-6,9-10H2,1-2H3,(H,35,39). The number of aliphatic imine (C=N–C) groups is 1. The zero-order valence-electron chi connectivity index (χ0n) is 21.7. The van der Waals surface area contributed by atoms with Gasteiger partial charge < -0.3 is 15.4 Å². The number of benzene rings is 2. The summed E-state index contributed by atoms with van der Waals surface area (Å²) in [5.41, 5.74) is 5.77. The molecule has 5 rings (SSSR count). The smallest absolute Gasteiger partial charge is 0.390 e. The summed E-state index contributed by atoms with van der Waals surface area (Å²) in [7, 11) is 1.30. The summed E-state index contributed by atoms with van der Waals surface area (Å²) in [5, 5.41) is 7.64. The predicted octanol–water partition coefficient (Wildman–Crippen LogP) is 4.24. The lowest BCUT2D eigenvalue weighted by Gasteiger charge is -2.35. The van der Waals surface area contributed by atoms with Gasteiger partial charge >= 0.3 is 6.18 Å². The zero-order chi connectivity index (χ0) is 28.6. The summed E-state index contributed by atoms with van der Waals surface area (Å²) in [6.45, 7) is 1.28. The minimum absolute atomic E-state index is 0.00155. The van der Waals surface area contributed by atoms with E-state index in [1.807, 2.05) is 13.0 Å². The molecule has 0 aromatic heterocycles. The van der Waals surface area contributed by atoms with E-state index in [9.17, 15) is 27.2 Å². The number of fused-ring (bicyclic) bond motifs is 1. The summed E-state index contributed by atoms with van der Waals surface area (Å²) < 4.78 is 57.7. The molecule has 1 aliphatic carbocycles. The molecule has 0 radical (unpaired) electrons. The molecule has 3 N–H and O–H groups in total. The van der Waals surface area contributed by atoms with Crippen molar-refractivity contribution in [2.75, 3.05) is 13.7 Å². The van der Waals surface area contributed by atoms with E-state index >= 15 is 0 Å². The van der Waals surface area contributed by atoms with E-state index in [0.29, 0.717) is 16.8 Å². The van der Waals surface area contributed by atoms with Gasteiger partial charge in [-0.15, -0.1) is 0 Å². The van der Waals surface area contributed by atoms with Crippen LogP contribution in [0.4, 0.5) is 17.6 Å². The number of carbonyl (C=O) groups is 2. The molecule has 1 unspecified atom stereocenters. The van der Waals surface area contributed by atoms with Crippen molar-refractivity contribution in [3.63, 3.8) is 0 Å². The van der Waals surface area contributed by atoms with Crippen LogP contribution in [0.2, 0.25) is 0 Å². The molecule has 2 heterocycles. The molecule has 8 nitrogen and oxygen atoms in total. The molecule has 1 saturated carbocycles. The third kappa shape index (κ3) is 5.80. The average molecular weight is 558 g/mol. The number of methoxy groups -OCH3 is 1. The molecule has 40 heavy (non-hydrogen) atoms.